The van der Waals surface area contributed by atoms with E-state index in [1.807, 2.05) is 25.4 Å². The van der Waals surface area contributed by atoms with E-state index >= 15 is 0 Å². The molecular weight excluding hydrogens is 404 g/mol. The van der Waals surface area contributed by atoms with Gasteiger partial charge in [0.2, 0.25) is 0 Å². The van der Waals surface area contributed by atoms with Gasteiger partial charge < -0.3 is 5.32 Å². The zero-order chi connectivity index (χ0) is 22.6. The summed E-state index contributed by atoms with van der Waals surface area (Å²) in [5.74, 6) is 0.739. The number of hydrogen-bond acceptors (Lipinski definition) is 6. The molecule has 166 valence electrons. The summed E-state index contributed by atoms with van der Waals surface area (Å²) in [6.07, 6.45) is 9.98. The Bertz CT molecular complexity index is 1080. The molecule has 0 bridgehead atoms. The summed E-state index contributed by atoms with van der Waals surface area (Å²) in [7, 11) is 0. The lowest BCUT2D eigenvalue weighted by Crippen LogP contribution is -2.42. The van der Waals surface area contributed by atoms with Crippen molar-refractivity contribution in [3.05, 3.63) is 54.3 Å². The van der Waals surface area contributed by atoms with Crippen molar-refractivity contribution in [2.24, 2.45) is 0 Å². The van der Waals surface area contributed by atoms with E-state index in [2.05, 4.69) is 77.3 Å². The third-order valence-corrected chi connectivity index (χ3v) is 6.55. The zero-order valence-electron chi connectivity index (χ0n) is 19.6. The minimum absolute atomic E-state index is 0.150. The van der Waals surface area contributed by atoms with Gasteiger partial charge in [0.1, 0.15) is 5.00 Å². The van der Waals surface area contributed by atoms with E-state index < -0.39 is 0 Å². The Morgan fingerprint density at radius 3 is 2.74 bits per heavy atom. The molecule has 0 atom stereocenters. The number of allylic oxidation sites excluding steroid dienone is 3. The van der Waals surface area contributed by atoms with Gasteiger partial charge in [-0.15, -0.1) is 0 Å². The number of imidazole rings is 1. The second-order valence-corrected chi connectivity index (χ2v) is 9.13. The minimum Gasteiger partial charge on any atom is -0.328 e. The van der Waals surface area contributed by atoms with Gasteiger partial charge in [0.15, 0.2) is 11.5 Å². The number of rotatable bonds is 10. The second kappa shape index (κ2) is 9.75. The largest absolute Gasteiger partial charge is 0.328 e. The van der Waals surface area contributed by atoms with Crippen molar-refractivity contribution in [2.75, 3.05) is 11.9 Å². The van der Waals surface area contributed by atoms with Crippen LogP contribution in [0, 0.1) is 6.92 Å². The maximum atomic E-state index is 4.71. The van der Waals surface area contributed by atoms with Crippen molar-refractivity contribution in [3.63, 3.8) is 0 Å². The highest BCUT2D eigenvalue weighted by molar-refractivity contribution is 7.10. The van der Waals surface area contributed by atoms with Crippen LogP contribution in [0.25, 0.3) is 11.2 Å². The Labute approximate surface area is 189 Å². The van der Waals surface area contributed by atoms with Gasteiger partial charge in [-0.25, -0.2) is 9.97 Å². The van der Waals surface area contributed by atoms with Crippen LogP contribution in [0.5, 0.6) is 0 Å². The van der Waals surface area contributed by atoms with Crippen molar-refractivity contribution in [1.82, 2.24) is 23.6 Å². The first-order valence-corrected chi connectivity index (χ1v) is 11.8. The Morgan fingerprint density at radius 1 is 1.32 bits per heavy atom. The summed E-state index contributed by atoms with van der Waals surface area (Å²) in [5.41, 5.74) is 5.03. The average molecular weight is 439 g/mol. The van der Waals surface area contributed by atoms with E-state index in [9.17, 15) is 0 Å². The van der Waals surface area contributed by atoms with Gasteiger partial charge >= 0.3 is 0 Å². The van der Waals surface area contributed by atoms with E-state index in [0.717, 1.165) is 65.1 Å². The molecule has 31 heavy (non-hydrogen) atoms. The van der Waals surface area contributed by atoms with Crippen molar-refractivity contribution in [1.29, 1.82) is 0 Å². The number of nitrogens with one attached hydrogen (secondary N) is 1. The smallest absolute Gasteiger partial charge is 0.180 e. The van der Waals surface area contributed by atoms with Crippen molar-refractivity contribution in [2.45, 2.75) is 66.5 Å². The molecule has 3 aromatic heterocycles. The molecule has 1 N–H and O–H groups in total. The van der Waals surface area contributed by atoms with E-state index in [4.69, 9.17) is 4.98 Å². The molecule has 7 heteroatoms. The number of aryl methyl sites for hydroxylation is 1. The molecule has 0 aliphatic carbocycles. The molecule has 0 unspecified atom stereocenters. The molecular formula is C24H34N6S. The Morgan fingerprint density at radius 2 is 2.10 bits per heavy atom. The zero-order valence-corrected chi connectivity index (χ0v) is 20.4. The van der Waals surface area contributed by atoms with Crippen LogP contribution in [-0.2, 0) is 6.54 Å². The van der Waals surface area contributed by atoms with Gasteiger partial charge in [0, 0.05) is 18.3 Å². The molecule has 3 aromatic rings. The van der Waals surface area contributed by atoms with Crippen LogP contribution in [0.3, 0.4) is 0 Å². The number of fused-ring (bicyclic) bond motifs is 1. The predicted molar refractivity (Wildman–Crippen MR) is 132 cm³/mol. The molecule has 0 radical (unpaired) electrons. The summed E-state index contributed by atoms with van der Waals surface area (Å²) >= 11 is 1.46. The van der Waals surface area contributed by atoms with Crippen molar-refractivity contribution in [3.8, 4) is 0 Å². The topological polar surface area (TPSA) is 58.4 Å². The normalized spacial score (nSPS) is 12.7. The highest BCUT2D eigenvalue weighted by atomic mass is 32.1. The fraction of sp³-hybridized carbons (Fsp3) is 0.458. The Balaban J connectivity index is 1.89. The first-order valence-electron chi connectivity index (χ1n) is 11.0. The molecule has 0 aromatic carbocycles. The molecule has 0 fully saturated rings. The van der Waals surface area contributed by atoms with E-state index in [1.165, 1.54) is 11.5 Å². The van der Waals surface area contributed by atoms with Gasteiger partial charge in [0.25, 0.3) is 0 Å². The third-order valence-electron chi connectivity index (χ3n) is 5.81. The van der Waals surface area contributed by atoms with E-state index in [1.54, 1.807) is 0 Å². The number of anilines is 2. The van der Waals surface area contributed by atoms with Crippen LogP contribution in [0.15, 0.2) is 37.2 Å². The molecule has 0 spiro atoms. The first kappa shape index (κ1) is 23.2. The summed E-state index contributed by atoms with van der Waals surface area (Å²) < 4.78 is 6.76. The van der Waals surface area contributed by atoms with E-state index in [-0.39, 0.29) is 5.54 Å². The number of nitrogens with zero attached hydrogens (tertiary/aromatic N) is 5. The highest BCUT2D eigenvalue weighted by Crippen LogP contribution is 2.28. The fourth-order valence-electron chi connectivity index (χ4n) is 3.65. The minimum atomic E-state index is 0.150. The summed E-state index contributed by atoms with van der Waals surface area (Å²) in [5, 5.41) is 4.42. The number of hydrogen-bond donors (Lipinski definition) is 1. The molecule has 3 heterocycles. The Hall–Kier alpha value is -2.51. The molecule has 6 nitrogen and oxygen atoms in total. The lowest BCUT2D eigenvalue weighted by molar-refractivity contribution is 0.113. The maximum Gasteiger partial charge on any atom is 0.180 e. The predicted octanol–water partition coefficient (Wildman–Crippen LogP) is 6.23. The van der Waals surface area contributed by atoms with Gasteiger partial charge in [-0.05, 0) is 63.3 Å². The van der Waals surface area contributed by atoms with Gasteiger partial charge in [-0.1, -0.05) is 39.5 Å². The third kappa shape index (κ3) is 5.05. The summed E-state index contributed by atoms with van der Waals surface area (Å²) in [6.45, 7) is 18.9. The fourth-order valence-corrected chi connectivity index (χ4v) is 4.31. The summed E-state index contributed by atoms with van der Waals surface area (Å²) in [4.78, 5) is 11.8. The molecule has 0 aliphatic heterocycles. The van der Waals surface area contributed by atoms with Gasteiger partial charge in [-0.3, -0.25) is 9.30 Å². The summed E-state index contributed by atoms with van der Waals surface area (Å²) in [6, 6.07) is 2.12. The van der Waals surface area contributed by atoms with Crippen LogP contribution in [0.4, 0.5) is 10.8 Å². The highest BCUT2D eigenvalue weighted by Gasteiger charge is 2.24. The first-order chi connectivity index (χ1) is 14.8. The van der Waals surface area contributed by atoms with Gasteiger partial charge in [0.05, 0.1) is 23.3 Å². The molecule has 0 saturated carbocycles. The van der Waals surface area contributed by atoms with Crippen LogP contribution in [0.2, 0.25) is 0 Å². The van der Waals surface area contributed by atoms with Crippen molar-refractivity contribution < 1.29 is 0 Å². The number of aromatic nitrogens is 4. The Kier molecular flexibility index (Phi) is 7.28. The quantitative estimate of drug-likeness (QED) is 0.380. The van der Waals surface area contributed by atoms with Crippen LogP contribution >= 0.6 is 11.5 Å². The van der Waals surface area contributed by atoms with Crippen molar-refractivity contribution >= 4 is 33.6 Å². The van der Waals surface area contributed by atoms with Crippen LogP contribution in [-0.4, -0.2) is 35.7 Å². The standard InChI is InChI=1S/C24H34N6S/c1-8-12-18(9-2)20-14-25-23-22(26-17(5)15-30(20)23)27-21-13-19(28-31-21)16-29(11-4)24(6,7)10-3/h9,12-15H,2,8,10-11,16H2,1,3-7H3,(H,26,27)/b18-12+. The average Bonchev–Trinajstić information content (AvgIpc) is 3.37. The van der Waals surface area contributed by atoms with Gasteiger partial charge in [-0.2, -0.15) is 4.37 Å². The second-order valence-electron chi connectivity index (χ2n) is 8.33. The molecule has 0 saturated heterocycles. The van der Waals surface area contributed by atoms with E-state index in [0.29, 0.717) is 0 Å². The molecule has 0 aliphatic rings. The maximum absolute atomic E-state index is 4.71. The monoisotopic (exact) mass is 438 g/mol. The lowest BCUT2D eigenvalue weighted by Gasteiger charge is -2.36. The SMILES string of the molecule is C=C/C(=C\CC)c1cnc2c(Nc3cc(CN(CC)C(C)(C)CC)ns3)nc(C)cn12. The lowest BCUT2D eigenvalue weighted by atomic mass is 9.99. The van der Waals surface area contributed by atoms with Crippen LogP contribution < -0.4 is 5.32 Å². The molecule has 3 rings (SSSR count). The van der Waals surface area contributed by atoms with Crippen LogP contribution in [0.1, 0.15) is 64.5 Å². The molecule has 0 amide bonds.